The van der Waals surface area contributed by atoms with Gasteiger partial charge in [0, 0.05) is 30.9 Å². The first-order valence-electron chi connectivity index (χ1n) is 10.6. The Morgan fingerprint density at radius 1 is 1.18 bits per heavy atom. The summed E-state index contributed by atoms with van der Waals surface area (Å²) in [5.41, 5.74) is -0.826. The highest BCUT2D eigenvalue weighted by Crippen LogP contribution is 2.25. The van der Waals surface area contributed by atoms with Crippen LogP contribution < -0.4 is 10.1 Å². The fraction of sp³-hybridized carbons (Fsp3) is 0.591. The van der Waals surface area contributed by atoms with Crippen molar-refractivity contribution in [1.29, 1.82) is 0 Å². The molecule has 0 heterocycles. The van der Waals surface area contributed by atoms with Gasteiger partial charge >= 0.3 is 11.9 Å². The number of para-hydroxylation sites is 1. The van der Waals surface area contributed by atoms with Crippen molar-refractivity contribution in [2.75, 3.05) is 18.9 Å². The lowest BCUT2D eigenvalue weighted by atomic mass is 9.88. The van der Waals surface area contributed by atoms with Crippen LogP contribution in [-0.4, -0.2) is 56.4 Å². The minimum absolute atomic E-state index is 0.162. The van der Waals surface area contributed by atoms with Crippen molar-refractivity contribution in [3.63, 3.8) is 0 Å². The third kappa shape index (κ3) is 10.8. The molecule has 0 aliphatic rings. The molecule has 186 valence electrons. The molecule has 1 atom stereocenters. The van der Waals surface area contributed by atoms with Crippen molar-refractivity contribution in [1.82, 2.24) is 5.32 Å². The Morgan fingerprint density at radius 3 is 2.48 bits per heavy atom. The highest BCUT2D eigenvalue weighted by Gasteiger charge is 2.36. The Kier molecular flexibility index (Phi) is 11.5. The van der Waals surface area contributed by atoms with E-state index in [1.54, 1.807) is 24.3 Å². The predicted octanol–water partition coefficient (Wildman–Crippen LogP) is 1.69. The number of nitrogens with one attached hydrogen (secondary N) is 1. The van der Waals surface area contributed by atoms with Crippen LogP contribution in [0.4, 0.5) is 0 Å². The van der Waals surface area contributed by atoms with Crippen LogP contribution in [0.15, 0.2) is 24.3 Å². The normalized spacial score (nSPS) is 12.6. The van der Waals surface area contributed by atoms with Crippen molar-refractivity contribution in [2.24, 2.45) is 5.41 Å². The summed E-state index contributed by atoms with van der Waals surface area (Å²) in [6.45, 7) is 5.59. The summed E-state index contributed by atoms with van der Waals surface area (Å²) in [6.07, 6.45) is -0.627. The molecule has 0 saturated heterocycles. The van der Waals surface area contributed by atoms with Crippen LogP contribution in [0.5, 0.6) is 5.75 Å². The first-order chi connectivity index (χ1) is 15.4. The van der Waals surface area contributed by atoms with E-state index in [4.69, 9.17) is 13.7 Å². The Morgan fingerprint density at radius 2 is 1.85 bits per heavy atom. The quantitative estimate of drug-likeness (QED) is 0.173. The molecule has 0 aromatic heterocycles. The maximum Gasteiger partial charge on any atom is 0.335 e. The number of rotatable bonds is 14. The summed E-state index contributed by atoms with van der Waals surface area (Å²) in [5.74, 6) is -1.71. The van der Waals surface area contributed by atoms with Gasteiger partial charge in [0.05, 0.1) is 12.4 Å². The first kappa shape index (κ1) is 28.5. The second kappa shape index (κ2) is 13.3. The van der Waals surface area contributed by atoms with Gasteiger partial charge in [0.15, 0.2) is 6.10 Å². The molecule has 1 aromatic rings. The molecule has 1 rings (SSSR count). The Hall–Kier alpha value is -2.50. The highest BCUT2D eigenvalue weighted by atomic mass is 32.2. The number of benzene rings is 1. The van der Waals surface area contributed by atoms with Gasteiger partial charge < -0.3 is 19.9 Å². The lowest BCUT2D eigenvalue weighted by molar-refractivity contribution is -0.162. The van der Waals surface area contributed by atoms with Crippen molar-refractivity contribution < 1.29 is 41.6 Å². The molecule has 1 amide bonds. The SMILES string of the molecule is CCCC(=O)Oc1ccccc1COC(=O)[C@H](O)C(C)(C)COS(=O)(=O)CCCNC(C)=O. The molecule has 2 N–H and O–H groups in total. The Bertz CT molecular complexity index is 912. The van der Waals surface area contributed by atoms with E-state index >= 15 is 0 Å². The molecular formula is C22H33NO9S. The monoisotopic (exact) mass is 487 g/mol. The minimum Gasteiger partial charge on any atom is -0.459 e. The van der Waals surface area contributed by atoms with Crippen LogP contribution in [0.1, 0.15) is 52.5 Å². The number of hydrogen-bond donors (Lipinski definition) is 2. The van der Waals surface area contributed by atoms with Gasteiger partial charge in [-0.05, 0) is 18.9 Å². The molecule has 0 aliphatic heterocycles. The fourth-order valence-electron chi connectivity index (χ4n) is 2.54. The zero-order valence-electron chi connectivity index (χ0n) is 19.5. The van der Waals surface area contributed by atoms with E-state index in [1.165, 1.54) is 20.8 Å². The molecule has 1 aromatic carbocycles. The van der Waals surface area contributed by atoms with E-state index in [9.17, 15) is 27.9 Å². The van der Waals surface area contributed by atoms with Crippen molar-refractivity contribution in [3.8, 4) is 5.75 Å². The van der Waals surface area contributed by atoms with Gasteiger partial charge in [-0.15, -0.1) is 0 Å². The van der Waals surface area contributed by atoms with Gasteiger partial charge in [-0.25, -0.2) is 4.79 Å². The summed E-state index contributed by atoms with van der Waals surface area (Å²) < 4.78 is 39.4. The van der Waals surface area contributed by atoms with Crippen LogP contribution in [0.3, 0.4) is 0 Å². The highest BCUT2D eigenvalue weighted by molar-refractivity contribution is 7.86. The fourth-order valence-corrected chi connectivity index (χ4v) is 3.64. The topological polar surface area (TPSA) is 145 Å². The van der Waals surface area contributed by atoms with Crippen molar-refractivity contribution >= 4 is 28.0 Å². The molecule has 0 unspecified atom stereocenters. The summed E-state index contributed by atoms with van der Waals surface area (Å²) in [6, 6.07) is 6.55. The zero-order valence-corrected chi connectivity index (χ0v) is 20.3. The van der Waals surface area contributed by atoms with Crippen molar-refractivity contribution in [2.45, 2.75) is 59.7 Å². The van der Waals surface area contributed by atoms with Crippen LogP contribution in [-0.2, 0) is 40.0 Å². The number of aliphatic hydroxyl groups is 1. The van der Waals surface area contributed by atoms with E-state index in [2.05, 4.69) is 5.32 Å². The molecule has 0 radical (unpaired) electrons. The molecule has 33 heavy (non-hydrogen) atoms. The maximum absolute atomic E-state index is 12.4. The molecular weight excluding hydrogens is 454 g/mol. The summed E-state index contributed by atoms with van der Waals surface area (Å²) >= 11 is 0. The van der Waals surface area contributed by atoms with Crippen LogP contribution >= 0.6 is 0 Å². The first-order valence-corrected chi connectivity index (χ1v) is 12.2. The van der Waals surface area contributed by atoms with Gasteiger partial charge in [0.25, 0.3) is 10.1 Å². The molecule has 0 aliphatic carbocycles. The average molecular weight is 488 g/mol. The van der Waals surface area contributed by atoms with E-state index in [0.717, 1.165) is 0 Å². The molecule has 0 saturated carbocycles. The number of carbonyl (C=O) groups excluding carboxylic acids is 3. The largest absolute Gasteiger partial charge is 0.459 e. The summed E-state index contributed by atoms with van der Waals surface area (Å²) in [5, 5.41) is 12.9. The number of hydrogen-bond acceptors (Lipinski definition) is 9. The van der Waals surface area contributed by atoms with Gasteiger partial charge in [-0.2, -0.15) is 8.42 Å². The number of carbonyl (C=O) groups is 3. The van der Waals surface area contributed by atoms with Crippen molar-refractivity contribution in [3.05, 3.63) is 29.8 Å². The molecule has 0 bridgehead atoms. The van der Waals surface area contributed by atoms with Gasteiger partial charge in [0.2, 0.25) is 5.91 Å². The van der Waals surface area contributed by atoms with Gasteiger partial charge in [0.1, 0.15) is 12.4 Å². The molecule has 0 spiro atoms. The average Bonchev–Trinajstić information content (AvgIpc) is 2.74. The molecule has 10 nitrogen and oxygen atoms in total. The predicted molar refractivity (Wildman–Crippen MR) is 120 cm³/mol. The lowest BCUT2D eigenvalue weighted by Crippen LogP contribution is -2.41. The maximum atomic E-state index is 12.4. The van der Waals surface area contributed by atoms with Crippen LogP contribution in [0, 0.1) is 5.41 Å². The second-order valence-corrected chi connectivity index (χ2v) is 9.95. The second-order valence-electron chi connectivity index (χ2n) is 8.19. The number of esters is 2. The van der Waals surface area contributed by atoms with E-state index < -0.39 is 40.2 Å². The molecule has 11 heteroatoms. The zero-order chi connectivity index (χ0) is 25.1. The number of ether oxygens (including phenoxy) is 2. The van der Waals surface area contributed by atoms with Gasteiger partial charge in [-0.1, -0.05) is 39.0 Å². The Balaban J connectivity index is 2.62. The van der Waals surface area contributed by atoms with E-state index in [-0.39, 0.29) is 43.4 Å². The third-order valence-corrected chi connectivity index (χ3v) is 5.81. The Labute approximate surface area is 194 Å². The van der Waals surface area contributed by atoms with Crippen LogP contribution in [0.25, 0.3) is 0 Å². The molecule has 0 fully saturated rings. The number of aliphatic hydroxyl groups excluding tert-OH is 1. The third-order valence-electron chi connectivity index (χ3n) is 4.54. The van der Waals surface area contributed by atoms with Crippen LogP contribution in [0.2, 0.25) is 0 Å². The minimum atomic E-state index is -3.91. The lowest BCUT2D eigenvalue weighted by Gasteiger charge is -2.28. The van der Waals surface area contributed by atoms with Gasteiger partial charge in [-0.3, -0.25) is 13.8 Å². The number of amides is 1. The standard InChI is InChI=1S/C22H33NO9S/c1-5-9-19(25)32-18-11-7-6-10-17(18)14-30-21(27)20(26)22(3,4)15-31-33(28,29)13-8-12-23-16(2)24/h6-7,10-11,20,26H,5,8-9,12-15H2,1-4H3,(H,23,24)/t20-/m0/s1. The summed E-state index contributed by atoms with van der Waals surface area (Å²) in [4.78, 5) is 34.9. The van der Waals surface area contributed by atoms with E-state index in [0.29, 0.717) is 12.0 Å². The van der Waals surface area contributed by atoms with E-state index in [1.807, 2.05) is 6.92 Å². The summed E-state index contributed by atoms with van der Waals surface area (Å²) in [7, 11) is -3.91. The smallest absolute Gasteiger partial charge is 0.335 e.